The maximum Gasteiger partial charge on any atom is 0.246 e. The molecule has 6 atom stereocenters. The van der Waals surface area contributed by atoms with Crippen molar-refractivity contribution in [2.75, 3.05) is 20.1 Å². The van der Waals surface area contributed by atoms with E-state index in [2.05, 4.69) is 16.0 Å². The standard InChI is InChI=1S/C38H58N6O7/c1-22(2)18-27-33(46)40-28(19-23(3)4)37(50)44-17-9-11-31(44)38(51)43-16-8-10-30(43)34(47)41-29(21-25-12-14-26(45)15-13-25)36(49)42(7)32(20-24(5)6)35(48)39-27/h12-15,22-24,27-32,45H,8-11,16-21H2,1-7H3,(H,39,48)(H,40,46)(H,41,47)/t27-,28+,29-,30-,31+,32-/m0/s1. The second kappa shape index (κ2) is 17.4. The molecule has 0 radical (unpaired) electrons. The fraction of sp³-hybridized carbons (Fsp3) is 0.684. The minimum absolute atomic E-state index is 0.00381. The summed E-state index contributed by atoms with van der Waals surface area (Å²) in [4.78, 5) is 89.4. The monoisotopic (exact) mass is 710 g/mol. The topological polar surface area (TPSA) is 168 Å². The summed E-state index contributed by atoms with van der Waals surface area (Å²) >= 11 is 0. The van der Waals surface area contributed by atoms with Gasteiger partial charge in [0.1, 0.15) is 42.0 Å². The fourth-order valence-electron chi connectivity index (χ4n) is 7.54. The van der Waals surface area contributed by atoms with Gasteiger partial charge in [-0.05, 0) is 80.4 Å². The van der Waals surface area contributed by atoms with Gasteiger partial charge in [0.25, 0.3) is 0 Å². The summed E-state index contributed by atoms with van der Waals surface area (Å²) in [6.07, 6.45) is 3.03. The Bertz CT molecular complexity index is 1430. The number of hydrogen-bond acceptors (Lipinski definition) is 7. The molecule has 6 amide bonds. The molecule has 4 N–H and O–H groups in total. The van der Waals surface area contributed by atoms with Crippen LogP contribution >= 0.6 is 0 Å². The van der Waals surface area contributed by atoms with Crippen LogP contribution in [0.2, 0.25) is 0 Å². The first kappa shape index (κ1) is 39.6. The average molecular weight is 711 g/mol. The van der Waals surface area contributed by atoms with Gasteiger partial charge in [0.05, 0.1) is 0 Å². The van der Waals surface area contributed by atoms with Gasteiger partial charge in [0.15, 0.2) is 0 Å². The molecule has 0 unspecified atom stereocenters. The molecule has 13 nitrogen and oxygen atoms in total. The number of aromatic hydroxyl groups is 1. The van der Waals surface area contributed by atoms with Crippen molar-refractivity contribution >= 4 is 35.4 Å². The average Bonchev–Trinajstić information content (AvgIpc) is 3.76. The summed E-state index contributed by atoms with van der Waals surface area (Å²) in [5.74, 6) is -2.52. The first-order chi connectivity index (χ1) is 24.1. The lowest BCUT2D eigenvalue weighted by molar-refractivity contribution is -0.149. The highest BCUT2D eigenvalue weighted by molar-refractivity contribution is 5.98. The second-order valence-electron chi connectivity index (χ2n) is 15.8. The lowest BCUT2D eigenvalue weighted by Gasteiger charge is -2.36. The molecule has 0 spiro atoms. The number of nitrogens with zero attached hydrogens (tertiary/aromatic N) is 3. The van der Waals surface area contributed by atoms with Crippen molar-refractivity contribution in [2.45, 2.75) is 129 Å². The Labute approximate surface area is 302 Å². The van der Waals surface area contributed by atoms with E-state index in [1.165, 1.54) is 29.0 Å². The van der Waals surface area contributed by atoms with Gasteiger partial charge >= 0.3 is 0 Å². The van der Waals surface area contributed by atoms with Crippen LogP contribution in [-0.2, 0) is 35.2 Å². The molecule has 0 aliphatic carbocycles. The molecule has 282 valence electrons. The highest BCUT2D eigenvalue weighted by Crippen LogP contribution is 2.27. The van der Waals surface area contributed by atoms with E-state index < -0.39 is 59.9 Å². The van der Waals surface area contributed by atoms with Gasteiger partial charge in [0, 0.05) is 26.6 Å². The highest BCUT2D eigenvalue weighted by atomic mass is 16.3. The summed E-state index contributed by atoms with van der Waals surface area (Å²) in [5.41, 5.74) is 0.677. The molecule has 3 saturated heterocycles. The minimum atomic E-state index is -1.10. The van der Waals surface area contributed by atoms with Crippen molar-refractivity contribution in [2.24, 2.45) is 17.8 Å². The predicted octanol–water partition coefficient (Wildman–Crippen LogP) is 2.35. The van der Waals surface area contributed by atoms with Crippen LogP contribution in [0, 0.1) is 17.8 Å². The largest absolute Gasteiger partial charge is 0.508 e. The van der Waals surface area contributed by atoms with Crippen LogP contribution in [0.25, 0.3) is 0 Å². The number of carbonyl (C=O) groups is 6. The molecular formula is C38H58N6O7. The van der Waals surface area contributed by atoms with Crippen LogP contribution in [0.3, 0.4) is 0 Å². The summed E-state index contributed by atoms with van der Waals surface area (Å²) in [6.45, 7) is 12.3. The lowest BCUT2D eigenvalue weighted by atomic mass is 9.97. The molecular weight excluding hydrogens is 652 g/mol. The molecule has 1 aromatic rings. The van der Waals surface area contributed by atoms with E-state index in [1.807, 2.05) is 41.5 Å². The van der Waals surface area contributed by atoms with E-state index >= 15 is 0 Å². The number of rotatable bonds is 8. The number of phenolic OH excluding ortho intramolecular Hbond substituents is 1. The van der Waals surface area contributed by atoms with E-state index in [-0.39, 0.29) is 41.7 Å². The third-order valence-corrected chi connectivity index (χ3v) is 10.1. The molecule has 3 aliphatic heterocycles. The van der Waals surface area contributed by atoms with Gasteiger partial charge < -0.3 is 35.8 Å². The summed E-state index contributed by atoms with van der Waals surface area (Å²) in [7, 11) is 1.53. The van der Waals surface area contributed by atoms with E-state index in [4.69, 9.17) is 0 Å². The maximum atomic E-state index is 14.4. The molecule has 3 fully saturated rings. The molecule has 0 aromatic heterocycles. The van der Waals surface area contributed by atoms with Gasteiger partial charge in [-0.25, -0.2) is 0 Å². The van der Waals surface area contributed by atoms with Gasteiger partial charge in [-0.2, -0.15) is 0 Å². The maximum absolute atomic E-state index is 14.4. The zero-order valence-electron chi connectivity index (χ0n) is 31.3. The SMILES string of the molecule is CC(C)C[C@@H]1NC(=O)[C@H](CC(C)C)N(C)C(=O)[C@H](Cc2ccc(O)cc2)NC(=O)[C@@H]2CCCN2C(=O)[C@H]2CCCN2C(=O)[C@@H](CC(C)C)NC1=O. The van der Waals surface area contributed by atoms with Crippen molar-refractivity contribution in [1.29, 1.82) is 0 Å². The number of nitrogens with one attached hydrogen (secondary N) is 3. The molecule has 13 heteroatoms. The van der Waals surface area contributed by atoms with Crippen molar-refractivity contribution in [3.05, 3.63) is 29.8 Å². The van der Waals surface area contributed by atoms with Crippen LogP contribution < -0.4 is 16.0 Å². The zero-order chi connectivity index (χ0) is 37.6. The van der Waals surface area contributed by atoms with Crippen molar-refractivity contribution in [1.82, 2.24) is 30.7 Å². The second-order valence-corrected chi connectivity index (χ2v) is 15.8. The number of fused-ring (bicyclic) bond motifs is 2. The van der Waals surface area contributed by atoms with Crippen LogP contribution in [0.15, 0.2) is 24.3 Å². The lowest BCUT2D eigenvalue weighted by Crippen LogP contribution is -2.61. The van der Waals surface area contributed by atoms with Gasteiger partial charge in [-0.1, -0.05) is 53.7 Å². The first-order valence-electron chi connectivity index (χ1n) is 18.6. The predicted molar refractivity (Wildman–Crippen MR) is 192 cm³/mol. The van der Waals surface area contributed by atoms with Crippen molar-refractivity contribution < 1.29 is 33.9 Å². The number of hydrogen-bond donors (Lipinski definition) is 4. The highest BCUT2D eigenvalue weighted by Gasteiger charge is 2.45. The summed E-state index contributed by atoms with van der Waals surface area (Å²) in [6, 6.07) is 0.749. The Hall–Kier alpha value is -4.16. The Kier molecular flexibility index (Phi) is 13.5. The number of amides is 6. The number of carbonyl (C=O) groups excluding carboxylic acids is 6. The van der Waals surface area contributed by atoms with Gasteiger partial charge in [-0.15, -0.1) is 0 Å². The Balaban J connectivity index is 1.79. The minimum Gasteiger partial charge on any atom is -0.508 e. The molecule has 3 heterocycles. The third kappa shape index (κ3) is 10.0. The molecule has 0 bridgehead atoms. The summed E-state index contributed by atoms with van der Waals surface area (Å²) < 4.78 is 0. The Morgan fingerprint density at radius 1 is 0.627 bits per heavy atom. The molecule has 3 aliphatic rings. The third-order valence-electron chi connectivity index (χ3n) is 10.1. The van der Waals surface area contributed by atoms with E-state index in [0.29, 0.717) is 63.6 Å². The van der Waals surface area contributed by atoms with Crippen molar-refractivity contribution in [3.63, 3.8) is 0 Å². The van der Waals surface area contributed by atoms with E-state index in [0.717, 1.165) is 0 Å². The Morgan fingerprint density at radius 2 is 1.14 bits per heavy atom. The van der Waals surface area contributed by atoms with E-state index in [1.54, 1.807) is 17.0 Å². The van der Waals surface area contributed by atoms with Crippen LogP contribution in [0.1, 0.15) is 92.1 Å². The van der Waals surface area contributed by atoms with Crippen LogP contribution in [0.5, 0.6) is 5.75 Å². The molecule has 51 heavy (non-hydrogen) atoms. The quantitative estimate of drug-likeness (QED) is 0.321. The van der Waals surface area contributed by atoms with Crippen LogP contribution in [0.4, 0.5) is 0 Å². The fourth-order valence-corrected chi connectivity index (χ4v) is 7.54. The van der Waals surface area contributed by atoms with Gasteiger partial charge in [-0.3, -0.25) is 28.8 Å². The normalized spacial score (nSPS) is 27.4. The smallest absolute Gasteiger partial charge is 0.246 e. The molecule has 1 aromatic carbocycles. The number of phenols is 1. The number of likely N-dealkylation sites (N-methyl/N-ethyl adjacent to an activating group) is 1. The molecule has 4 rings (SSSR count). The van der Waals surface area contributed by atoms with Crippen LogP contribution in [-0.4, -0.2) is 112 Å². The van der Waals surface area contributed by atoms with Crippen molar-refractivity contribution in [3.8, 4) is 5.75 Å². The number of benzene rings is 1. The van der Waals surface area contributed by atoms with E-state index in [9.17, 15) is 33.9 Å². The summed E-state index contributed by atoms with van der Waals surface area (Å²) in [5, 5.41) is 18.6. The molecule has 0 saturated carbocycles. The van der Waals surface area contributed by atoms with Gasteiger partial charge in [0.2, 0.25) is 35.4 Å². The zero-order valence-corrected chi connectivity index (χ0v) is 31.3. The Morgan fingerprint density at radius 3 is 1.73 bits per heavy atom. The first-order valence-corrected chi connectivity index (χ1v) is 18.6.